The van der Waals surface area contributed by atoms with E-state index in [2.05, 4.69) is 39.1 Å². The second kappa shape index (κ2) is 11.3. The number of nitrogens with one attached hydrogen (secondary N) is 2. The molecule has 2 aliphatic heterocycles. The summed E-state index contributed by atoms with van der Waals surface area (Å²) in [6, 6.07) is 7.19. The van der Waals surface area contributed by atoms with Gasteiger partial charge in [-0.05, 0) is 76.4 Å². The second-order valence-corrected chi connectivity index (χ2v) is 8.29. The Balaban J connectivity index is 1.55. The van der Waals surface area contributed by atoms with E-state index in [4.69, 9.17) is 4.99 Å². The largest absolute Gasteiger partial charge is 0.435 e. The molecule has 1 aromatic rings. The number of hydrogen-bond donors (Lipinski definition) is 2. The van der Waals surface area contributed by atoms with Gasteiger partial charge in [0.15, 0.2) is 5.96 Å². The lowest BCUT2D eigenvalue weighted by molar-refractivity contribution is -0.0498. The van der Waals surface area contributed by atoms with Gasteiger partial charge in [-0.3, -0.25) is 4.99 Å². The summed E-state index contributed by atoms with van der Waals surface area (Å²) >= 11 is 0. The van der Waals surface area contributed by atoms with Crippen molar-refractivity contribution in [1.82, 2.24) is 15.5 Å². The summed E-state index contributed by atoms with van der Waals surface area (Å²) in [5, 5.41) is 6.98. The van der Waals surface area contributed by atoms with E-state index in [0.29, 0.717) is 12.0 Å². The summed E-state index contributed by atoms with van der Waals surface area (Å²) in [6.07, 6.45) is 4.65. The van der Waals surface area contributed by atoms with Gasteiger partial charge in [0.25, 0.3) is 0 Å². The average molecular weight is 424 g/mol. The smallest absolute Gasteiger partial charge is 0.387 e. The molecule has 2 heterocycles. The van der Waals surface area contributed by atoms with E-state index in [9.17, 15) is 8.78 Å². The monoisotopic (exact) mass is 423 g/mol. The van der Waals surface area contributed by atoms with Crippen LogP contribution in [0.2, 0.25) is 0 Å². The van der Waals surface area contributed by atoms with Gasteiger partial charge in [0.2, 0.25) is 0 Å². The predicted octanol–water partition coefficient (Wildman–Crippen LogP) is 3.15. The first-order chi connectivity index (χ1) is 14.5. The highest BCUT2D eigenvalue weighted by Crippen LogP contribution is 2.24. The van der Waals surface area contributed by atoms with Crippen molar-refractivity contribution in [3.63, 3.8) is 0 Å². The Morgan fingerprint density at radius 1 is 1.17 bits per heavy atom. The summed E-state index contributed by atoms with van der Waals surface area (Å²) in [6.45, 7) is 5.08. The Labute approximate surface area is 178 Å². The van der Waals surface area contributed by atoms with E-state index in [0.717, 1.165) is 57.2 Å². The van der Waals surface area contributed by atoms with Crippen molar-refractivity contribution in [2.45, 2.75) is 45.3 Å². The highest BCUT2D eigenvalue weighted by atomic mass is 19.3. The lowest BCUT2D eigenvalue weighted by Gasteiger charge is -2.35. The van der Waals surface area contributed by atoms with Crippen molar-refractivity contribution in [2.24, 2.45) is 10.9 Å². The van der Waals surface area contributed by atoms with Crippen LogP contribution >= 0.6 is 0 Å². The van der Waals surface area contributed by atoms with Crippen molar-refractivity contribution < 1.29 is 13.5 Å². The van der Waals surface area contributed by atoms with Gasteiger partial charge in [-0.2, -0.15) is 8.78 Å². The van der Waals surface area contributed by atoms with E-state index >= 15 is 0 Å². The highest BCUT2D eigenvalue weighted by Gasteiger charge is 2.22. The minimum atomic E-state index is -2.79. The molecule has 2 N–H and O–H groups in total. The van der Waals surface area contributed by atoms with Gasteiger partial charge in [-0.25, -0.2) is 0 Å². The van der Waals surface area contributed by atoms with Crippen LogP contribution in [0.3, 0.4) is 0 Å². The third-order valence-corrected chi connectivity index (χ3v) is 5.76. The number of rotatable bonds is 7. The summed E-state index contributed by atoms with van der Waals surface area (Å²) in [7, 11) is 2.18. The molecule has 0 bridgehead atoms. The van der Waals surface area contributed by atoms with Gasteiger partial charge < -0.3 is 25.2 Å². The maximum absolute atomic E-state index is 12.4. The number of piperidine rings is 2. The maximum Gasteiger partial charge on any atom is 0.387 e. The van der Waals surface area contributed by atoms with Gasteiger partial charge in [0, 0.05) is 44.5 Å². The van der Waals surface area contributed by atoms with Crippen LogP contribution in [0, 0.1) is 5.92 Å². The predicted molar refractivity (Wildman–Crippen MR) is 118 cm³/mol. The SMILES string of the molecule is CCNC(=NCC1CCCN(C)C1)NC1CCCN(c2ccc(OC(F)F)cc2)C1. The zero-order valence-corrected chi connectivity index (χ0v) is 18.1. The summed E-state index contributed by atoms with van der Waals surface area (Å²) < 4.78 is 29.2. The number of benzene rings is 1. The molecule has 3 rings (SSSR count). The normalized spacial score (nSPS) is 23.5. The van der Waals surface area contributed by atoms with Crippen LogP contribution < -0.4 is 20.3 Å². The number of alkyl halides is 2. The molecule has 30 heavy (non-hydrogen) atoms. The molecule has 0 spiro atoms. The summed E-state index contributed by atoms with van der Waals surface area (Å²) in [5.41, 5.74) is 1.02. The van der Waals surface area contributed by atoms with Gasteiger partial charge in [0.05, 0.1) is 0 Å². The molecule has 0 amide bonds. The Bertz CT molecular complexity index is 670. The van der Waals surface area contributed by atoms with Gasteiger partial charge in [-0.1, -0.05) is 0 Å². The van der Waals surface area contributed by atoms with E-state index in [1.165, 1.54) is 19.4 Å². The standard InChI is InChI=1S/C22H35F2N5O/c1-3-25-22(26-14-17-6-4-12-28(2)15-17)27-18-7-5-13-29(16-18)19-8-10-20(11-9-19)30-21(23)24/h8-11,17-18,21H,3-7,12-16H2,1-2H3,(H2,25,26,27). The summed E-state index contributed by atoms with van der Waals surface area (Å²) in [4.78, 5) is 9.54. The lowest BCUT2D eigenvalue weighted by Crippen LogP contribution is -2.51. The highest BCUT2D eigenvalue weighted by molar-refractivity contribution is 5.80. The second-order valence-electron chi connectivity index (χ2n) is 8.29. The molecule has 2 fully saturated rings. The lowest BCUT2D eigenvalue weighted by atomic mass is 9.99. The minimum absolute atomic E-state index is 0.190. The molecule has 2 unspecified atom stereocenters. The third-order valence-electron chi connectivity index (χ3n) is 5.76. The fourth-order valence-electron chi connectivity index (χ4n) is 4.32. The quantitative estimate of drug-likeness (QED) is 0.521. The molecule has 0 saturated carbocycles. The van der Waals surface area contributed by atoms with Crippen LogP contribution in [0.25, 0.3) is 0 Å². The van der Waals surface area contributed by atoms with Crippen LogP contribution in [-0.2, 0) is 0 Å². The molecule has 0 radical (unpaired) electrons. The molecule has 2 saturated heterocycles. The Morgan fingerprint density at radius 2 is 1.93 bits per heavy atom. The number of ether oxygens (including phenoxy) is 1. The van der Waals surface area contributed by atoms with Crippen molar-refractivity contribution >= 4 is 11.6 Å². The number of nitrogens with zero attached hydrogens (tertiary/aromatic N) is 3. The van der Waals surface area contributed by atoms with Crippen LogP contribution in [-0.4, -0.2) is 69.8 Å². The Kier molecular flexibility index (Phi) is 8.54. The molecule has 2 aliphatic rings. The number of guanidine groups is 1. The van der Waals surface area contributed by atoms with E-state index in [1.54, 1.807) is 12.1 Å². The van der Waals surface area contributed by atoms with Gasteiger partial charge in [-0.15, -0.1) is 0 Å². The fourth-order valence-corrected chi connectivity index (χ4v) is 4.32. The molecule has 8 heteroatoms. The maximum atomic E-state index is 12.4. The van der Waals surface area contributed by atoms with E-state index < -0.39 is 6.61 Å². The third kappa shape index (κ3) is 7.00. The molecule has 6 nitrogen and oxygen atoms in total. The molecular formula is C22H35F2N5O. The van der Waals surface area contributed by atoms with Gasteiger partial charge in [0.1, 0.15) is 5.75 Å². The first-order valence-corrected chi connectivity index (χ1v) is 11.1. The molecule has 2 atom stereocenters. The minimum Gasteiger partial charge on any atom is -0.435 e. The van der Waals surface area contributed by atoms with Crippen molar-refractivity contribution in [3.05, 3.63) is 24.3 Å². The molecule has 0 aliphatic carbocycles. The first-order valence-electron chi connectivity index (χ1n) is 11.1. The Hall–Kier alpha value is -2.09. The number of aliphatic imine (C=N–C) groups is 1. The summed E-state index contributed by atoms with van der Waals surface area (Å²) in [5.74, 6) is 1.70. The van der Waals surface area contributed by atoms with E-state index in [-0.39, 0.29) is 5.75 Å². The zero-order chi connectivity index (χ0) is 21.3. The van der Waals surface area contributed by atoms with Gasteiger partial charge >= 0.3 is 6.61 Å². The molecule has 0 aromatic heterocycles. The molecule has 1 aromatic carbocycles. The van der Waals surface area contributed by atoms with Crippen molar-refractivity contribution in [1.29, 1.82) is 0 Å². The van der Waals surface area contributed by atoms with Crippen LogP contribution in [0.4, 0.5) is 14.5 Å². The fraction of sp³-hybridized carbons (Fsp3) is 0.682. The number of hydrogen-bond acceptors (Lipinski definition) is 4. The number of halogens is 2. The van der Waals surface area contributed by atoms with Crippen LogP contribution in [0.15, 0.2) is 29.3 Å². The van der Waals surface area contributed by atoms with Crippen LogP contribution in [0.1, 0.15) is 32.6 Å². The Morgan fingerprint density at radius 3 is 2.63 bits per heavy atom. The number of likely N-dealkylation sites (tertiary alicyclic amines) is 1. The van der Waals surface area contributed by atoms with Crippen LogP contribution in [0.5, 0.6) is 5.75 Å². The van der Waals surface area contributed by atoms with Crippen molar-refractivity contribution in [3.8, 4) is 5.75 Å². The van der Waals surface area contributed by atoms with E-state index in [1.807, 2.05) is 12.1 Å². The zero-order valence-electron chi connectivity index (χ0n) is 18.1. The van der Waals surface area contributed by atoms with Crippen molar-refractivity contribution in [2.75, 3.05) is 51.2 Å². The molecule has 168 valence electrons. The topological polar surface area (TPSA) is 52.1 Å². The first kappa shape index (κ1) is 22.6. The average Bonchev–Trinajstić information content (AvgIpc) is 2.73. The molecular weight excluding hydrogens is 388 g/mol. The number of anilines is 1.